The molecule has 17 heavy (non-hydrogen) atoms. The maximum atomic E-state index is 11.9. The number of aliphatic hydroxyl groups excluding tert-OH is 1. The molecule has 5 heteroatoms. The van der Waals surface area contributed by atoms with Gasteiger partial charge in [0.2, 0.25) is 0 Å². The number of aliphatic hydroxyl groups is 1. The van der Waals surface area contributed by atoms with Gasteiger partial charge in [-0.2, -0.15) is 0 Å². The molecular formula is C12H14N2O3. The van der Waals surface area contributed by atoms with Gasteiger partial charge in [-0.15, -0.1) is 0 Å². The first-order valence-electron chi connectivity index (χ1n) is 5.34. The molecule has 0 aliphatic carbocycles. The molecule has 0 radical (unpaired) electrons. The van der Waals surface area contributed by atoms with Gasteiger partial charge in [-0.05, 0) is 17.7 Å². The predicted molar refractivity (Wildman–Crippen MR) is 63.0 cm³/mol. The standard InChI is InChI=1S/C12H14N2O3/c1-17-13-6-9-2-4-10(5-3-9)12(16)14-7-11(15)8-14/h2-6,11,15H,7-8H2,1H3/b13-6+. The molecule has 0 atom stereocenters. The molecule has 5 nitrogen and oxygen atoms in total. The normalized spacial score (nSPS) is 16.0. The number of benzene rings is 1. The third-order valence-corrected chi connectivity index (χ3v) is 2.61. The van der Waals surface area contributed by atoms with E-state index in [0.29, 0.717) is 18.7 Å². The van der Waals surface area contributed by atoms with Crippen LogP contribution >= 0.6 is 0 Å². The maximum Gasteiger partial charge on any atom is 0.254 e. The van der Waals surface area contributed by atoms with Gasteiger partial charge in [0.15, 0.2) is 0 Å². The van der Waals surface area contributed by atoms with Crippen molar-refractivity contribution in [2.75, 3.05) is 20.2 Å². The highest BCUT2D eigenvalue weighted by atomic mass is 16.6. The van der Waals surface area contributed by atoms with Crippen molar-refractivity contribution in [3.8, 4) is 0 Å². The first-order valence-corrected chi connectivity index (χ1v) is 5.34. The minimum atomic E-state index is -0.368. The van der Waals surface area contributed by atoms with Gasteiger partial charge < -0.3 is 14.8 Å². The third-order valence-electron chi connectivity index (χ3n) is 2.61. The van der Waals surface area contributed by atoms with E-state index >= 15 is 0 Å². The number of carbonyl (C=O) groups excluding carboxylic acids is 1. The van der Waals surface area contributed by atoms with Crippen molar-refractivity contribution >= 4 is 12.1 Å². The molecule has 0 saturated carbocycles. The Morgan fingerprint density at radius 2 is 2.12 bits per heavy atom. The van der Waals surface area contributed by atoms with Crippen molar-refractivity contribution < 1.29 is 14.7 Å². The Morgan fingerprint density at radius 1 is 1.47 bits per heavy atom. The summed E-state index contributed by atoms with van der Waals surface area (Å²) in [6.07, 6.45) is 1.20. The summed E-state index contributed by atoms with van der Waals surface area (Å²) in [5, 5.41) is 12.8. The quantitative estimate of drug-likeness (QED) is 0.611. The Bertz CT molecular complexity index is 422. The van der Waals surface area contributed by atoms with Crippen LogP contribution < -0.4 is 0 Å². The van der Waals surface area contributed by atoms with Crippen LogP contribution in [0.25, 0.3) is 0 Å². The van der Waals surface area contributed by atoms with Crippen LogP contribution in [-0.4, -0.2) is 48.4 Å². The molecule has 1 fully saturated rings. The zero-order valence-electron chi connectivity index (χ0n) is 9.54. The summed E-state index contributed by atoms with van der Waals surface area (Å²) in [5.41, 5.74) is 1.48. The molecule has 0 aromatic heterocycles. The second-order valence-electron chi connectivity index (χ2n) is 3.90. The molecule has 0 bridgehead atoms. The van der Waals surface area contributed by atoms with Crippen LogP contribution in [0.5, 0.6) is 0 Å². The van der Waals surface area contributed by atoms with Crippen molar-refractivity contribution in [2.24, 2.45) is 5.16 Å². The molecular weight excluding hydrogens is 220 g/mol. The number of likely N-dealkylation sites (tertiary alicyclic amines) is 1. The summed E-state index contributed by atoms with van der Waals surface area (Å²) in [5.74, 6) is -0.0504. The van der Waals surface area contributed by atoms with Gasteiger partial charge in [-0.1, -0.05) is 17.3 Å². The predicted octanol–water partition coefficient (Wildman–Crippen LogP) is 0.484. The van der Waals surface area contributed by atoms with E-state index in [1.807, 2.05) is 0 Å². The van der Waals surface area contributed by atoms with Gasteiger partial charge in [0.1, 0.15) is 7.11 Å². The number of amides is 1. The van der Waals surface area contributed by atoms with Crippen LogP contribution in [0.2, 0.25) is 0 Å². The molecule has 1 aliphatic heterocycles. The topological polar surface area (TPSA) is 62.1 Å². The van der Waals surface area contributed by atoms with Gasteiger partial charge in [0.05, 0.1) is 12.3 Å². The molecule has 1 heterocycles. The van der Waals surface area contributed by atoms with Crippen LogP contribution in [0.4, 0.5) is 0 Å². The zero-order chi connectivity index (χ0) is 12.3. The highest BCUT2D eigenvalue weighted by Crippen LogP contribution is 2.13. The van der Waals surface area contributed by atoms with Gasteiger partial charge >= 0.3 is 0 Å². The summed E-state index contributed by atoms with van der Waals surface area (Å²) in [6, 6.07) is 7.08. The van der Waals surface area contributed by atoms with Crippen LogP contribution in [0.3, 0.4) is 0 Å². The molecule has 2 rings (SSSR count). The summed E-state index contributed by atoms with van der Waals surface area (Å²) >= 11 is 0. The van der Waals surface area contributed by atoms with Crippen molar-refractivity contribution in [2.45, 2.75) is 6.10 Å². The van der Waals surface area contributed by atoms with Crippen molar-refractivity contribution in [3.63, 3.8) is 0 Å². The van der Waals surface area contributed by atoms with Crippen molar-refractivity contribution in [3.05, 3.63) is 35.4 Å². The average Bonchev–Trinajstić information content (AvgIpc) is 2.32. The third kappa shape index (κ3) is 2.62. The SMILES string of the molecule is CO/N=C/c1ccc(C(=O)N2CC(O)C2)cc1. The molecule has 1 amide bonds. The van der Waals surface area contributed by atoms with E-state index in [-0.39, 0.29) is 12.0 Å². The minimum Gasteiger partial charge on any atom is -0.399 e. The molecule has 0 spiro atoms. The smallest absolute Gasteiger partial charge is 0.254 e. The minimum absolute atomic E-state index is 0.0504. The van der Waals surface area contributed by atoms with Crippen LogP contribution in [0.15, 0.2) is 29.4 Å². The second kappa shape index (κ2) is 4.97. The molecule has 90 valence electrons. The van der Waals surface area contributed by atoms with Crippen LogP contribution in [0, 0.1) is 0 Å². The van der Waals surface area contributed by atoms with Crippen molar-refractivity contribution in [1.29, 1.82) is 0 Å². The summed E-state index contributed by atoms with van der Waals surface area (Å²) in [4.78, 5) is 18.0. The maximum absolute atomic E-state index is 11.9. The molecule has 1 aromatic rings. The van der Waals surface area contributed by atoms with Gasteiger partial charge in [-0.3, -0.25) is 4.79 Å². The van der Waals surface area contributed by atoms with E-state index in [2.05, 4.69) is 9.99 Å². The van der Waals surface area contributed by atoms with Gasteiger partial charge in [0.25, 0.3) is 5.91 Å². The number of rotatable bonds is 3. The highest BCUT2D eigenvalue weighted by molar-refractivity contribution is 5.95. The lowest BCUT2D eigenvalue weighted by molar-refractivity contribution is 0.00589. The van der Waals surface area contributed by atoms with E-state index in [9.17, 15) is 4.79 Å². The Hall–Kier alpha value is -1.88. The highest BCUT2D eigenvalue weighted by Gasteiger charge is 2.29. The van der Waals surface area contributed by atoms with E-state index in [1.54, 1.807) is 35.4 Å². The number of carbonyl (C=O) groups is 1. The lowest BCUT2D eigenvalue weighted by Crippen LogP contribution is -2.53. The first kappa shape index (κ1) is 11.6. The van der Waals surface area contributed by atoms with Crippen LogP contribution in [0.1, 0.15) is 15.9 Å². The number of oxime groups is 1. The Balaban J connectivity index is 2.02. The first-order chi connectivity index (χ1) is 8.20. The monoisotopic (exact) mass is 234 g/mol. The van der Waals surface area contributed by atoms with E-state index in [1.165, 1.54) is 7.11 Å². The molecule has 1 N–H and O–H groups in total. The summed E-state index contributed by atoms with van der Waals surface area (Å²) < 4.78 is 0. The largest absolute Gasteiger partial charge is 0.399 e. The number of hydrogen-bond acceptors (Lipinski definition) is 4. The van der Waals surface area contributed by atoms with Gasteiger partial charge in [-0.25, -0.2) is 0 Å². The second-order valence-corrected chi connectivity index (χ2v) is 3.90. The van der Waals surface area contributed by atoms with E-state index < -0.39 is 0 Å². The average molecular weight is 234 g/mol. The lowest BCUT2D eigenvalue weighted by Gasteiger charge is -2.35. The zero-order valence-corrected chi connectivity index (χ0v) is 9.54. The van der Waals surface area contributed by atoms with E-state index in [4.69, 9.17) is 5.11 Å². The fourth-order valence-corrected chi connectivity index (χ4v) is 1.63. The van der Waals surface area contributed by atoms with Crippen molar-refractivity contribution in [1.82, 2.24) is 4.90 Å². The van der Waals surface area contributed by atoms with Crippen LogP contribution in [-0.2, 0) is 4.84 Å². The Morgan fingerprint density at radius 3 is 2.65 bits per heavy atom. The summed E-state index contributed by atoms with van der Waals surface area (Å²) in [6.45, 7) is 0.845. The Labute approximate surface area is 99.3 Å². The lowest BCUT2D eigenvalue weighted by atomic mass is 10.1. The molecule has 0 unspecified atom stereocenters. The fourth-order valence-electron chi connectivity index (χ4n) is 1.63. The van der Waals surface area contributed by atoms with Gasteiger partial charge in [0, 0.05) is 18.7 Å². The fraction of sp³-hybridized carbons (Fsp3) is 0.333. The number of β-amino-alcohol motifs (C(OH)–C–C–N with tert-alkyl or cyclic N) is 1. The van der Waals surface area contributed by atoms with E-state index in [0.717, 1.165) is 5.56 Å². The molecule has 1 aromatic carbocycles. The molecule has 1 saturated heterocycles. The summed E-state index contributed by atoms with van der Waals surface area (Å²) in [7, 11) is 1.48. The Kier molecular flexibility index (Phi) is 3.39. The number of nitrogens with zero attached hydrogens (tertiary/aromatic N) is 2. The number of hydrogen-bond donors (Lipinski definition) is 1. The molecule has 1 aliphatic rings.